The van der Waals surface area contributed by atoms with Gasteiger partial charge in [0.15, 0.2) is 5.78 Å². The van der Waals surface area contributed by atoms with Crippen LogP contribution in [0.3, 0.4) is 0 Å². The van der Waals surface area contributed by atoms with Gasteiger partial charge in [-0.25, -0.2) is 0 Å². The van der Waals surface area contributed by atoms with E-state index in [9.17, 15) is 18.0 Å². The molecule has 0 saturated heterocycles. The predicted octanol–water partition coefficient (Wildman–Crippen LogP) is 4.05. The average Bonchev–Trinajstić information content (AvgIpc) is 2.38. The number of nitrogen functional groups attached to an aromatic ring is 1. The predicted molar refractivity (Wildman–Crippen MR) is 66.8 cm³/mol. The summed E-state index contributed by atoms with van der Waals surface area (Å²) in [6.45, 7) is 0. The zero-order valence-corrected chi connectivity index (χ0v) is 10.5. The summed E-state index contributed by atoms with van der Waals surface area (Å²) in [7, 11) is 0. The highest BCUT2D eigenvalue weighted by Crippen LogP contribution is 2.33. The highest BCUT2D eigenvalue weighted by molar-refractivity contribution is 6.02. The minimum Gasteiger partial charge on any atom is -0.398 e. The van der Waals surface area contributed by atoms with Crippen molar-refractivity contribution in [1.29, 1.82) is 0 Å². The summed E-state index contributed by atoms with van der Waals surface area (Å²) >= 11 is 0. The van der Waals surface area contributed by atoms with E-state index in [0.717, 1.165) is 44.2 Å². The number of anilines is 1. The molecule has 0 aromatic heterocycles. The van der Waals surface area contributed by atoms with Gasteiger partial charge in [0.2, 0.25) is 0 Å². The number of carbonyl (C=O) groups excluding carboxylic acids is 1. The van der Waals surface area contributed by atoms with E-state index in [1.54, 1.807) is 0 Å². The molecule has 1 fully saturated rings. The van der Waals surface area contributed by atoms with Gasteiger partial charge in [-0.1, -0.05) is 19.3 Å². The van der Waals surface area contributed by atoms with E-state index in [4.69, 9.17) is 5.73 Å². The first kappa shape index (κ1) is 13.9. The number of carbonyl (C=O) groups is 1. The highest BCUT2D eigenvalue weighted by atomic mass is 19.4. The van der Waals surface area contributed by atoms with Gasteiger partial charge < -0.3 is 5.73 Å². The average molecular weight is 271 g/mol. The van der Waals surface area contributed by atoms with E-state index in [0.29, 0.717) is 0 Å². The molecule has 5 heteroatoms. The van der Waals surface area contributed by atoms with Crippen LogP contribution in [0.15, 0.2) is 18.2 Å². The van der Waals surface area contributed by atoms with E-state index in [1.807, 2.05) is 0 Å². The number of ketones is 1. The molecule has 0 unspecified atom stereocenters. The smallest absolute Gasteiger partial charge is 0.398 e. The largest absolute Gasteiger partial charge is 0.416 e. The lowest BCUT2D eigenvalue weighted by molar-refractivity contribution is -0.137. The first-order valence-electron chi connectivity index (χ1n) is 6.40. The van der Waals surface area contributed by atoms with Crippen LogP contribution < -0.4 is 5.73 Å². The first-order valence-corrected chi connectivity index (χ1v) is 6.40. The summed E-state index contributed by atoms with van der Waals surface area (Å²) < 4.78 is 37.5. The summed E-state index contributed by atoms with van der Waals surface area (Å²) in [6, 6.07) is 2.97. The summed E-state index contributed by atoms with van der Waals surface area (Å²) in [5.41, 5.74) is 4.93. The molecule has 2 N–H and O–H groups in total. The second-order valence-corrected chi connectivity index (χ2v) is 5.00. The van der Waals surface area contributed by atoms with Gasteiger partial charge in [0.1, 0.15) is 0 Å². The normalized spacial score (nSPS) is 17.4. The van der Waals surface area contributed by atoms with Gasteiger partial charge in [-0.15, -0.1) is 0 Å². The molecule has 1 aromatic rings. The van der Waals surface area contributed by atoms with Crippen LogP contribution in [0.4, 0.5) is 18.9 Å². The molecule has 1 saturated carbocycles. The van der Waals surface area contributed by atoms with Crippen LogP contribution in [0.5, 0.6) is 0 Å². The van der Waals surface area contributed by atoms with E-state index < -0.39 is 11.7 Å². The van der Waals surface area contributed by atoms with Crippen molar-refractivity contribution in [3.63, 3.8) is 0 Å². The van der Waals surface area contributed by atoms with Gasteiger partial charge >= 0.3 is 6.18 Å². The highest BCUT2D eigenvalue weighted by Gasteiger charge is 2.32. The molecular formula is C14H16F3NO. The van der Waals surface area contributed by atoms with Crippen LogP contribution in [-0.4, -0.2) is 5.78 Å². The lowest BCUT2D eigenvalue weighted by atomic mass is 9.83. The van der Waals surface area contributed by atoms with Gasteiger partial charge in [0.05, 0.1) is 5.56 Å². The summed E-state index contributed by atoms with van der Waals surface area (Å²) in [4.78, 5) is 12.2. The Balaban J connectivity index is 2.23. The van der Waals surface area contributed by atoms with Gasteiger partial charge in [-0.05, 0) is 31.0 Å². The molecule has 1 aliphatic carbocycles. The zero-order chi connectivity index (χ0) is 14.0. The zero-order valence-electron chi connectivity index (χ0n) is 10.5. The first-order chi connectivity index (χ1) is 8.89. The minimum atomic E-state index is -4.43. The van der Waals surface area contributed by atoms with Gasteiger partial charge in [0.25, 0.3) is 0 Å². The number of Topliss-reactive ketones (excluding diaryl/α,β-unsaturated/α-hetero) is 1. The molecule has 2 nitrogen and oxygen atoms in total. The Morgan fingerprint density at radius 2 is 1.79 bits per heavy atom. The summed E-state index contributed by atoms with van der Waals surface area (Å²) in [5, 5.41) is 0. The standard InChI is InChI=1S/C14H16F3NO/c15-14(16,17)10-6-7-11(12(18)8-10)13(19)9-4-2-1-3-5-9/h6-9H,1-5,18H2. The lowest BCUT2D eigenvalue weighted by Gasteiger charge is -2.21. The van der Waals surface area contributed by atoms with Crippen LogP contribution in [0.2, 0.25) is 0 Å². The van der Waals surface area contributed by atoms with Crippen molar-refractivity contribution in [2.24, 2.45) is 5.92 Å². The monoisotopic (exact) mass is 271 g/mol. The Kier molecular flexibility index (Phi) is 3.83. The van der Waals surface area contributed by atoms with E-state index in [2.05, 4.69) is 0 Å². The maximum absolute atomic E-state index is 12.5. The molecule has 0 amide bonds. The van der Waals surface area contributed by atoms with Crippen molar-refractivity contribution in [3.8, 4) is 0 Å². The SMILES string of the molecule is Nc1cc(C(F)(F)F)ccc1C(=O)C1CCCCC1. The fraction of sp³-hybridized carbons (Fsp3) is 0.500. The van der Waals surface area contributed by atoms with Crippen molar-refractivity contribution in [3.05, 3.63) is 29.3 Å². The van der Waals surface area contributed by atoms with Crippen LogP contribution in [0, 0.1) is 5.92 Å². The number of rotatable bonds is 2. The van der Waals surface area contributed by atoms with Crippen LogP contribution in [-0.2, 0) is 6.18 Å². The summed E-state index contributed by atoms with van der Waals surface area (Å²) in [5.74, 6) is -0.210. The molecule has 0 spiro atoms. The van der Waals surface area contributed by atoms with Crippen LogP contribution in [0.1, 0.15) is 48.0 Å². The minimum absolute atomic E-state index is 0.0783. The third kappa shape index (κ3) is 3.08. The van der Waals surface area contributed by atoms with E-state index in [1.165, 1.54) is 6.07 Å². The number of benzene rings is 1. The third-order valence-corrected chi connectivity index (χ3v) is 3.62. The van der Waals surface area contributed by atoms with Crippen molar-refractivity contribution in [2.75, 3.05) is 5.73 Å². The molecule has 1 aromatic carbocycles. The van der Waals surface area contributed by atoms with Crippen LogP contribution in [0.25, 0.3) is 0 Å². The molecule has 2 rings (SSSR count). The molecule has 0 radical (unpaired) electrons. The fourth-order valence-corrected chi connectivity index (χ4v) is 2.55. The molecule has 104 valence electrons. The Morgan fingerprint density at radius 1 is 1.16 bits per heavy atom. The van der Waals surface area contributed by atoms with Gasteiger partial charge in [0, 0.05) is 17.2 Å². The number of halogens is 3. The second kappa shape index (κ2) is 5.23. The van der Waals surface area contributed by atoms with Crippen molar-refractivity contribution < 1.29 is 18.0 Å². The molecule has 0 aliphatic heterocycles. The lowest BCUT2D eigenvalue weighted by Crippen LogP contribution is -2.19. The Morgan fingerprint density at radius 3 is 2.32 bits per heavy atom. The van der Waals surface area contributed by atoms with Gasteiger partial charge in [-0.2, -0.15) is 13.2 Å². The molecule has 0 heterocycles. The fourth-order valence-electron chi connectivity index (χ4n) is 2.55. The molecular weight excluding hydrogens is 255 g/mol. The van der Waals surface area contributed by atoms with E-state index >= 15 is 0 Å². The maximum atomic E-state index is 12.5. The van der Waals surface area contributed by atoms with Crippen LogP contribution >= 0.6 is 0 Å². The van der Waals surface area contributed by atoms with Gasteiger partial charge in [-0.3, -0.25) is 4.79 Å². The third-order valence-electron chi connectivity index (χ3n) is 3.62. The molecule has 19 heavy (non-hydrogen) atoms. The van der Waals surface area contributed by atoms with Crippen molar-refractivity contribution in [1.82, 2.24) is 0 Å². The van der Waals surface area contributed by atoms with Crippen molar-refractivity contribution in [2.45, 2.75) is 38.3 Å². The number of alkyl halides is 3. The second-order valence-electron chi connectivity index (χ2n) is 5.00. The topological polar surface area (TPSA) is 43.1 Å². The number of hydrogen-bond acceptors (Lipinski definition) is 2. The Hall–Kier alpha value is -1.52. The number of hydrogen-bond donors (Lipinski definition) is 1. The Labute approximate surface area is 109 Å². The van der Waals surface area contributed by atoms with Crippen molar-refractivity contribution >= 4 is 11.5 Å². The molecule has 0 atom stereocenters. The molecule has 1 aliphatic rings. The molecule has 0 bridgehead atoms. The maximum Gasteiger partial charge on any atom is 0.416 e. The Bertz CT molecular complexity index is 476. The summed E-state index contributed by atoms with van der Waals surface area (Å²) in [6.07, 6.45) is 0.291. The van der Waals surface area contributed by atoms with E-state index in [-0.39, 0.29) is 23.0 Å². The quantitative estimate of drug-likeness (QED) is 0.651. The number of nitrogens with two attached hydrogens (primary N) is 1.